The van der Waals surface area contributed by atoms with Gasteiger partial charge in [-0.15, -0.1) is 0 Å². The molecule has 34 heavy (non-hydrogen) atoms. The van der Waals surface area contributed by atoms with Crippen LogP contribution in [0.5, 0.6) is 5.75 Å². The molecule has 2 aromatic carbocycles. The van der Waals surface area contributed by atoms with Gasteiger partial charge in [-0.3, -0.25) is 14.5 Å². The molecule has 0 aliphatic carbocycles. The van der Waals surface area contributed by atoms with Crippen molar-refractivity contribution in [2.45, 2.75) is 6.54 Å². The summed E-state index contributed by atoms with van der Waals surface area (Å²) in [6.45, 7) is 2.86. The predicted molar refractivity (Wildman–Crippen MR) is 130 cm³/mol. The Morgan fingerprint density at radius 3 is 2.18 bits per heavy atom. The fourth-order valence-electron chi connectivity index (χ4n) is 4.57. The minimum absolute atomic E-state index is 0.162. The van der Waals surface area contributed by atoms with Crippen molar-refractivity contribution in [3.8, 4) is 5.75 Å². The minimum atomic E-state index is -0.274. The zero-order valence-corrected chi connectivity index (χ0v) is 19.1. The van der Waals surface area contributed by atoms with Crippen LogP contribution in [0.25, 0.3) is 5.57 Å². The Hall–Kier alpha value is -4.13. The van der Waals surface area contributed by atoms with E-state index in [-0.39, 0.29) is 18.4 Å². The third kappa shape index (κ3) is 4.01. The Morgan fingerprint density at radius 1 is 0.794 bits per heavy atom. The van der Waals surface area contributed by atoms with E-state index in [0.29, 0.717) is 30.1 Å². The van der Waals surface area contributed by atoms with Gasteiger partial charge in [0.2, 0.25) is 0 Å². The highest BCUT2D eigenvalue weighted by Crippen LogP contribution is 2.34. The largest absolute Gasteiger partial charge is 0.496 e. The van der Waals surface area contributed by atoms with Gasteiger partial charge in [0.05, 0.1) is 19.2 Å². The smallest absolute Gasteiger partial charge is 0.278 e. The third-order valence-electron chi connectivity index (χ3n) is 6.30. The molecule has 0 bridgehead atoms. The van der Waals surface area contributed by atoms with Crippen molar-refractivity contribution in [1.82, 2.24) is 14.8 Å². The summed E-state index contributed by atoms with van der Waals surface area (Å²) in [5.74, 6) is 1.04. The molecule has 0 N–H and O–H groups in total. The van der Waals surface area contributed by atoms with Crippen molar-refractivity contribution in [3.63, 3.8) is 0 Å². The van der Waals surface area contributed by atoms with Crippen molar-refractivity contribution in [3.05, 3.63) is 95.8 Å². The lowest BCUT2D eigenvalue weighted by Gasteiger charge is -2.37. The number of rotatable bonds is 6. The standard InChI is InChI=1S/C27H26N4O3/c1-34-22-12-6-5-11-21(22)19-31-26(32)24(20-9-3-2-4-10-20)25(27(31)33)30-17-15-29(16-18-30)23-13-7-8-14-28-23/h2-14H,15-19H2,1H3. The lowest BCUT2D eigenvalue weighted by atomic mass is 10.0. The number of para-hydroxylation sites is 1. The summed E-state index contributed by atoms with van der Waals surface area (Å²) in [6, 6.07) is 22.8. The zero-order chi connectivity index (χ0) is 23.5. The van der Waals surface area contributed by atoms with E-state index in [1.165, 1.54) is 4.90 Å². The number of anilines is 1. The first kappa shape index (κ1) is 21.7. The number of carbonyl (C=O) groups excluding carboxylic acids is 2. The van der Waals surface area contributed by atoms with E-state index >= 15 is 0 Å². The zero-order valence-electron chi connectivity index (χ0n) is 19.1. The lowest BCUT2D eigenvalue weighted by molar-refractivity contribution is -0.138. The van der Waals surface area contributed by atoms with E-state index in [2.05, 4.69) is 9.88 Å². The van der Waals surface area contributed by atoms with Gasteiger partial charge in [0.15, 0.2) is 0 Å². The number of ether oxygens (including phenoxy) is 1. The van der Waals surface area contributed by atoms with Crippen LogP contribution in [-0.2, 0) is 16.1 Å². The van der Waals surface area contributed by atoms with Crippen LogP contribution in [0.3, 0.4) is 0 Å². The van der Waals surface area contributed by atoms with Crippen LogP contribution in [0, 0.1) is 0 Å². The molecule has 1 fully saturated rings. The number of aromatic nitrogens is 1. The molecule has 7 heteroatoms. The molecule has 0 spiro atoms. The average molecular weight is 455 g/mol. The van der Waals surface area contributed by atoms with Crippen LogP contribution in [-0.4, -0.2) is 59.9 Å². The van der Waals surface area contributed by atoms with Gasteiger partial charge in [0.1, 0.15) is 17.3 Å². The van der Waals surface area contributed by atoms with Gasteiger partial charge < -0.3 is 14.5 Å². The Morgan fingerprint density at radius 2 is 1.47 bits per heavy atom. The Balaban J connectivity index is 1.45. The quantitative estimate of drug-likeness (QED) is 0.533. The first-order valence-electron chi connectivity index (χ1n) is 11.4. The first-order chi connectivity index (χ1) is 16.7. The van der Waals surface area contributed by atoms with Crippen LogP contribution >= 0.6 is 0 Å². The minimum Gasteiger partial charge on any atom is -0.496 e. The summed E-state index contributed by atoms with van der Waals surface area (Å²) in [7, 11) is 1.59. The number of imide groups is 1. The highest BCUT2D eigenvalue weighted by Gasteiger charge is 2.42. The van der Waals surface area contributed by atoms with Crippen molar-refractivity contribution in [2.24, 2.45) is 0 Å². The molecular formula is C27H26N4O3. The highest BCUT2D eigenvalue weighted by atomic mass is 16.5. The number of amides is 2. The molecule has 5 rings (SSSR count). The molecular weight excluding hydrogens is 428 g/mol. The maximum absolute atomic E-state index is 13.7. The SMILES string of the molecule is COc1ccccc1CN1C(=O)C(c2ccccc2)=C(N2CCN(c3ccccn3)CC2)C1=O. The number of piperazine rings is 1. The van der Waals surface area contributed by atoms with Crippen molar-refractivity contribution < 1.29 is 14.3 Å². The van der Waals surface area contributed by atoms with Gasteiger partial charge in [0, 0.05) is 37.9 Å². The van der Waals surface area contributed by atoms with E-state index in [9.17, 15) is 9.59 Å². The number of benzene rings is 2. The molecule has 0 saturated carbocycles. The summed E-state index contributed by atoms with van der Waals surface area (Å²) in [5.41, 5.74) is 2.49. The topological polar surface area (TPSA) is 66.0 Å². The third-order valence-corrected chi connectivity index (χ3v) is 6.30. The van der Waals surface area contributed by atoms with E-state index in [1.54, 1.807) is 13.3 Å². The van der Waals surface area contributed by atoms with Crippen LogP contribution in [0.15, 0.2) is 84.7 Å². The van der Waals surface area contributed by atoms with E-state index < -0.39 is 0 Å². The highest BCUT2D eigenvalue weighted by molar-refractivity contribution is 6.35. The molecule has 0 radical (unpaired) electrons. The van der Waals surface area contributed by atoms with Crippen LogP contribution < -0.4 is 9.64 Å². The van der Waals surface area contributed by atoms with Gasteiger partial charge in [-0.1, -0.05) is 54.6 Å². The number of carbonyl (C=O) groups is 2. The summed E-state index contributed by atoms with van der Waals surface area (Å²) >= 11 is 0. The van der Waals surface area contributed by atoms with Crippen molar-refractivity contribution in [2.75, 3.05) is 38.2 Å². The number of methoxy groups -OCH3 is 1. The van der Waals surface area contributed by atoms with Crippen LogP contribution in [0.2, 0.25) is 0 Å². The molecule has 0 unspecified atom stereocenters. The fourth-order valence-corrected chi connectivity index (χ4v) is 4.57. The van der Waals surface area contributed by atoms with Crippen molar-refractivity contribution in [1.29, 1.82) is 0 Å². The predicted octanol–water partition coefficient (Wildman–Crippen LogP) is 3.19. The molecule has 1 saturated heterocycles. The number of pyridine rings is 1. The second kappa shape index (κ2) is 9.39. The fraction of sp³-hybridized carbons (Fsp3) is 0.222. The van der Waals surface area contributed by atoms with Crippen LogP contribution in [0.4, 0.5) is 5.82 Å². The van der Waals surface area contributed by atoms with Crippen LogP contribution in [0.1, 0.15) is 11.1 Å². The van der Waals surface area contributed by atoms with Gasteiger partial charge >= 0.3 is 0 Å². The first-order valence-corrected chi connectivity index (χ1v) is 11.4. The maximum Gasteiger partial charge on any atom is 0.278 e. The Labute approximate surface area is 198 Å². The molecule has 2 aliphatic rings. The summed E-state index contributed by atoms with van der Waals surface area (Å²) in [5, 5.41) is 0. The Bertz CT molecular complexity index is 1220. The van der Waals surface area contributed by atoms with Gasteiger partial charge in [-0.25, -0.2) is 4.98 Å². The number of nitrogens with zero attached hydrogens (tertiary/aromatic N) is 4. The number of hydrogen-bond donors (Lipinski definition) is 0. The maximum atomic E-state index is 13.7. The average Bonchev–Trinajstić information content (AvgIpc) is 3.15. The normalized spacial score (nSPS) is 16.4. The number of hydrogen-bond acceptors (Lipinski definition) is 6. The lowest BCUT2D eigenvalue weighted by Crippen LogP contribution is -2.47. The second-order valence-electron chi connectivity index (χ2n) is 8.26. The van der Waals surface area contributed by atoms with Gasteiger partial charge in [-0.05, 0) is 23.8 Å². The van der Waals surface area contributed by atoms with E-state index in [0.717, 1.165) is 30.0 Å². The second-order valence-corrected chi connectivity index (χ2v) is 8.26. The van der Waals surface area contributed by atoms with Gasteiger partial charge in [0.25, 0.3) is 11.8 Å². The molecule has 3 aromatic rings. The summed E-state index contributed by atoms with van der Waals surface area (Å²) in [6.07, 6.45) is 1.78. The molecule has 1 aromatic heterocycles. The summed E-state index contributed by atoms with van der Waals surface area (Å²) < 4.78 is 5.45. The van der Waals surface area contributed by atoms with E-state index in [4.69, 9.17) is 4.74 Å². The summed E-state index contributed by atoms with van der Waals surface area (Å²) in [4.78, 5) is 37.3. The molecule has 172 valence electrons. The molecule has 2 aliphatic heterocycles. The monoisotopic (exact) mass is 454 g/mol. The molecule has 3 heterocycles. The van der Waals surface area contributed by atoms with Crippen molar-refractivity contribution >= 4 is 23.2 Å². The van der Waals surface area contributed by atoms with E-state index in [1.807, 2.05) is 77.7 Å². The van der Waals surface area contributed by atoms with Gasteiger partial charge in [-0.2, -0.15) is 0 Å². The molecule has 0 atom stereocenters. The molecule has 7 nitrogen and oxygen atoms in total. The Kier molecular flexibility index (Phi) is 5.99. The molecule has 2 amide bonds.